The van der Waals surface area contributed by atoms with Gasteiger partial charge in [-0.25, -0.2) is 9.97 Å². The molecule has 1 aliphatic rings. The predicted molar refractivity (Wildman–Crippen MR) is 53.8 cm³/mol. The molecule has 3 rings (SSSR count). The minimum Gasteiger partial charge on any atom is -0.343 e. The first-order valence-corrected chi connectivity index (χ1v) is 4.94. The summed E-state index contributed by atoms with van der Waals surface area (Å²) in [6.07, 6.45) is 6.14. The SMILES string of the molecule is c1cc(CNC2CC2)c2[nH]cnc2n1. The number of pyridine rings is 1. The minimum absolute atomic E-state index is 0.737. The minimum atomic E-state index is 0.737. The van der Waals surface area contributed by atoms with Crippen LogP contribution in [-0.2, 0) is 6.54 Å². The Bertz CT molecular complexity index is 444. The zero-order valence-corrected chi connectivity index (χ0v) is 7.83. The Balaban J connectivity index is 1.89. The lowest BCUT2D eigenvalue weighted by Crippen LogP contribution is -2.15. The van der Waals surface area contributed by atoms with E-state index in [9.17, 15) is 0 Å². The molecule has 72 valence electrons. The number of aromatic amines is 1. The maximum Gasteiger partial charge on any atom is 0.177 e. The highest BCUT2D eigenvalue weighted by Crippen LogP contribution is 2.20. The number of hydrogen-bond acceptors (Lipinski definition) is 3. The molecule has 2 N–H and O–H groups in total. The van der Waals surface area contributed by atoms with Gasteiger partial charge in [-0.05, 0) is 24.5 Å². The topological polar surface area (TPSA) is 53.6 Å². The molecule has 1 fully saturated rings. The summed E-state index contributed by atoms with van der Waals surface area (Å²) in [4.78, 5) is 11.4. The van der Waals surface area contributed by atoms with Crippen LogP contribution in [0.5, 0.6) is 0 Å². The molecular weight excluding hydrogens is 176 g/mol. The van der Waals surface area contributed by atoms with Crippen molar-refractivity contribution < 1.29 is 0 Å². The summed E-state index contributed by atoms with van der Waals surface area (Å²) in [5, 5.41) is 3.48. The Kier molecular flexibility index (Phi) is 1.73. The van der Waals surface area contributed by atoms with Crippen molar-refractivity contribution in [2.24, 2.45) is 0 Å². The van der Waals surface area contributed by atoms with Crippen molar-refractivity contribution in [3.63, 3.8) is 0 Å². The van der Waals surface area contributed by atoms with Gasteiger partial charge in [0.15, 0.2) is 5.65 Å². The number of fused-ring (bicyclic) bond motifs is 1. The third-order valence-corrected chi connectivity index (χ3v) is 2.57. The molecule has 0 atom stereocenters. The van der Waals surface area contributed by atoms with Crippen LogP contribution in [0.25, 0.3) is 11.2 Å². The highest BCUT2D eigenvalue weighted by molar-refractivity contribution is 5.73. The highest BCUT2D eigenvalue weighted by Gasteiger charge is 2.20. The zero-order valence-electron chi connectivity index (χ0n) is 7.83. The molecule has 4 heteroatoms. The third kappa shape index (κ3) is 1.37. The zero-order chi connectivity index (χ0) is 9.38. The fraction of sp³-hybridized carbons (Fsp3) is 0.400. The molecule has 4 nitrogen and oxygen atoms in total. The maximum absolute atomic E-state index is 4.17. The van der Waals surface area contributed by atoms with Gasteiger partial charge < -0.3 is 10.3 Å². The monoisotopic (exact) mass is 188 g/mol. The lowest BCUT2D eigenvalue weighted by atomic mass is 10.2. The molecule has 14 heavy (non-hydrogen) atoms. The number of nitrogens with zero attached hydrogens (tertiary/aromatic N) is 2. The van der Waals surface area contributed by atoms with Crippen molar-refractivity contribution in [2.75, 3.05) is 0 Å². The average Bonchev–Trinajstić information content (AvgIpc) is 2.91. The quantitative estimate of drug-likeness (QED) is 0.761. The standard InChI is InChI=1S/C10H12N4/c1-2-8(1)12-5-7-3-4-11-10-9(7)13-6-14-10/h3-4,6,8,12H,1-2,5H2,(H,11,13,14). The van der Waals surface area contributed by atoms with Crippen LogP contribution in [0.4, 0.5) is 0 Å². The second-order valence-electron chi connectivity index (χ2n) is 3.73. The van der Waals surface area contributed by atoms with Crippen LogP contribution >= 0.6 is 0 Å². The van der Waals surface area contributed by atoms with Gasteiger partial charge in [-0.2, -0.15) is 0 Å². The van der Waals surface area contributed by atoms with Gasteiger partial charge in [-0.15, -0.1) is 0 Å². The molecule has 0 amide bonds. The van der Waals surface area contributed by atoms with Crippen molar-refractivity contribution in [1.29, 1.82) is 0 Å². The second-order valence-corrected chi connectivity index (χ2v) is 3.73. The van der Waals surface area contributed by atoms with Gasteiger partial charge in [0.25, 0.3) is 0 Å². The first-order chi connectivity index (χ1) is 6.93. The second kappa shape index (κ2) is 3.06. The largest absolute Gasteiger partial charge is 0.343 e. The Morgan fingerprint density at radius 1 is 1.43 bits per heavy atom. The van der Waals surface area contributed by atoms with Gasteiger partial charge >= 0.3 is 0 Å². The van der Waals surface area contributed by atoms with Crippen LogP contribution in [0.15, 0.2) is 18.6 Å². The first-order valence-electron chi connectivity index (χ1n) is 4.94. The summed E-state index contributed by atoms with van der Waals surface area (Å²) in [5.41, 5.74) is 3.11. The first kappa shape index (κ1) is 7.94. The van der Waals surface area contributed by atoms with E-state index in [-0.39, 0.29) is 0 Å². The third-order valence-electron chi connectivity index (χ3n) is 2.57. The Morgan fingerprint density at radius 3 is 3.21 bits per heavy atom. The fourth-order valence-corrected chi connectivity index (χ4v) is 1.59. The smallest absolute Gasteiger partial charge is 0.177 e. The molecule has 1 saturated carbocycles. The van der Waals surface area contributed by atoms with Gasteiger partial charge in [-0.3, -0.25) is 0 Å². The van der Waals surface area contributed by atoms with E-state index in [1.54, 1.807) is 6.33 Å². The molecule has 2 heterocycles. The summed E-state index contributed by atoms with van der Waals surface area (Å²) >= 11 is 0. The number of imidazole rings is 1. The van der Waals surface area contributed by atoms with Crippen LogP contribution in [-0.4, -0.2) is 21.0 Å². The molecule has 0 saturated heterocycles. The predicted octanol–water partition coefficient (Wildman–Crippen LogP) is 1.21. The number of nitrogens with one attached hydrogen (secondary N) is 2. The van der Waals surface area contributed by atoms with Crippen LogP contribution in [0.2, 0.25) is 0 Å². The van der Waals surface area contributed by atoms with E-state index < -0.39 is 0 Å². The number of hydrogen-bond donors (Lipinski definition) is 2. The van der Waals surface area contributed by atoms with Crippen LogP contribution < -0.4 is 5.32 Å². The Labute approximate surface area is 81.8 Å². The molecule has 0 unspecified atom stereocenters. The van der Waals surface area contributed by atoms with E-state index in [4.69, 9.17) is 0 Å². The van der Waals surface area contributed by atoms with E-state index in [0.717, 1.165) is 23.8 Å². The van der Waals surface area contributed by atoms with E-state index in [1.807, 2.05) is 12.3 Å². The van der Waals surface area contributed by atoms with E-state index in [1.165, 1.54) is 18.4 Å². The Hall–Kier alpha value is -1.42. The van der Waals surface area contributed by atoms with E-state index in [0.29, 0.717) is 0 Å². The lowest BCUT2D eigenvalue weighted by Gasteiger charge is -2.02. The number of rotatable bonds is 3. The molecule has 0 aliphatic heterocycles. The van der Waals surface area contributed by atoms with Crippen LogP contribution in [0.3, 0.4) is 0 Å². The molecule has 2 aromatic heterocycles. The van der Waals surface area contributed by atoms with Crippen molar-refractivity contribution in [2.45, 2.75) is 25.4 Å². The molecule has 0 radical (unpaired) electrons. The van der Waals surface area contributed by atoms with Crippen molar-refractivity contribution in [1.82, 2.24) is 20.3 Å². The van der Waals surface area contributed by atoms with E-state index in [2.05, 4.69) is 20.3 Å². The normalized spacial score (nSPS) is 16.3. The van der Waals surface area contributed by atoms with E-state index >= 15 is 0 Å². The molecule has 1 aliphatic carbocycles. The summed E-state index contributed by atoms with van der Waals surface area (Å²) in [7, 11) is 0. The van der Waals surface area contributed by atoms with Crippen molar-refractivity contribution >= 4 is 11.2 Å². The van der Waals surface area contributed by atoms with Crippen LogP contribution in [0.1, 0.15) is 18.4 Å². The summed E-state index contributed by atoms with van der Waals surface area (Å²) in [5.74, 6) is 0. The molecule has 0 aromatic carbocycles. The Morgan fingerprint density at radius 2 is 2.36 bits per heavy atom. The van der Waals surface area contributed by atoms with Crippen LogP contribution in [0, 0.1) is 0 Å². The number of aromatic nitrogens is 3. The van der Waals surface area contributed by atoms with Gasteiger partial charge in [0.1, 0.15) is 0 Å². The number of H-pyrrole nitrogens is 1. The molecular formula is C10H12N4. The summed E-state index contributed by atoms with van der Waals surface area (Å²) in [6.45, 7) is 0.909. The van der Waals surface area contributed by atoms with Crippen molar-refractivity contribution in [3.05, 3.63) is 24.2 Å². The van der Waals surface area contributed by atoms with Gasteiger partial charge in [-0.1, -0.05) is 0 Å². The molecule has 2 aromatic rings. The summed E-state index contributed by atoms with van der Waals surface area (Å²) < 4.78 is 0. The lowest BCUT2D eigenvalue weighted by molar-refractivity contribution is 0.690. The average molecular weight is 188 g/mol. The molecule has 0 spiro atoms. The maximum atomic E-state index is 4.17. The van der Waals surface area contributed by atoms with Gasteiger partial charge in [0, 0.05) is 18.8 Å². The van der Waals surface area contributed by atoms with Gasteiger partial charge in [0.05, 0.1) is 11.8 Å². The molecule has 0 bridgehead atoms. The van der Waals surface area contributed by atoms with Gasteiger partial charge in [0.2, 0.25) is 0 Å². The summed E-state index contributed by atoms with van der Waals surface area (Å²) in [6, 6.07) is 2.77. The fourth-order valence-electron chi connectivity index (χ4n) is 1.59. The highest BCUT2D eigenvalue weighted by atomic mass is 15.0. The van der Waals surface area contributed by atoms with Crippen molar-refractivity contribution in [3.8, 4) is 0 Å².